The van der Waals surface area contributed by atoms with E-state index in [1.807, 2.05) is 32.9 Å². The van der Waals surface area contributed by atoms with E-state index in [2.05, 4.69) is 15.3 Å². The maximum atomic E-state index is 5.71. The molecule has 5 heteroatoms. The van der Waals surface area contributed by atoms with E-state index in [0.29, 0.717) is 11.6 Å². The summed E-state index contributed by atoms with van der Waals surface area (Å²) in [5.41, 5.74) is 7.21. The fourth-order valence-corrected chi connectivity index (χ4v) is 1.51. The molecule has 0 saturated carbocycles. The fourth-order valence-electron chi connectivity index (χ4n) is 1.51. The molecule has 2 rings (SSSR count). The van der Waals surface area contributed by atoms with Gasteiger partial charge in [0.1, 0.15) is 17.6 Å². The number of oxazole rings is 1. The van der Waals surface area contributed by atoms with E-state index in [9.17, 15) is 0 Å². The van der Waals surface area contributed by atoms with E-state index in [1.165, 1.54) is 0 Å². The average molecular weight is 232 g/mol. The summed E-state index contributed by atoms with van der Waals surface area (Å²) in [5, 5.41) is 3.22. The van der Waals surface area contributed by atoms with Crippen LogP contribution < -0.4 is 11.1 Å². The highest BCUT2D eigenvalue weighted by Gasteiger charge is 2.11. The summed E-state index contributed by atoms with van der Waals surface area (Å²) in [4.78, 5) is 8.51. The number of nitrogens with two attached hydrogens (primary N) is 1. The van der Waals surface area contributed by atoms with E-state index in [-0.39, 0.29) is 6.04 Å². The first-order valence-electron chi connectivity index (χ1n) is 5.48. The van der Waals surface area contributed by atoms with Crippen LogP contribution in [0.2, 0.25) is 0 Å². The zero-order valence-electron chi connectivity index (χ0n) is 10.2. The zero-order valence-corrected chi connectivity index (χ0v) is 10.2. The van der Waals surface area contributed by atoms with Crippen molar-refractivity contribution in [2.24, 2.45) is 0 Å². The van der Waals surface area contributed by atoms with Crippen molar-refractivity contribution in [2.75, 3.05) is 11.1 Å². The maximum absolute atomic E-state index is 5.71. The molecular weight excluding hydrogens is 216 g/mol. The van der Waals surface area contributed by atoms with Gasteiger partial charge in [0.15, 0.2) is 0 Å². The quantitative estimate of drug-likeness (QED) is 0.849. The number of anilines is 2. The Hall–Kier alpha value is -2.04. The fraction of sp³-hybridized carbons (Fsp3) is 0.333. The molecule has 5 nitrogen and oxygen atoms in total. The summed E-state index contributed by atoms with van der Waals surface area (Å²) >= 11 is 0. The van der Waals surface area contributed by atoms with Gasteiger partial charge < -0.3 is 15.5 Å². The number of hydrogen-bond donors (Lipinski definition) is 2. The normalized spacial score (nSPS) is 12.4. The van der Waals surface area contributed by atoms with Gasteiger partial charge in [-0.05, 0) is 32.9 Å². The Morgan fingerprint density at radius 2 is 2.12 bits per heavy atom. The molecule has 1 atom stereocenters. The Labute approximate surface area is 100 Å². The molecule has 0 aliphatic carbocycles. The molecule has 0 aliphatic rings. The molecule has 0 aliphatic heterocycles. The van der Waals surface area contributed by atoms with Crippen LogP contribution in [0.4, 0.5) is 11.5 Å². The van der Waals surface area contributed by atoms with Crippen LogP contribution in [0.25, 0.3) is 0 Å². The van der Waals surface area contributed by atoms with Crippen LogP contribution in [-0.2, 0) is 0 Å². The van der Waals surface area contributed by atoms with Gasteiger partial charge in [-0.1, -0.05) is 0 Å². The molecule has 0 spiro atoms. The van der Waals surface area contributed by atoms with Crippen molar-refractivity contribution in [1.29, 1.82) is 0 Å². The number of rotatable bonds is 3. The van der Waals surface area contributed by atoms with Crippen molar-refractivity contribution in [3.63, 3.8) is 0 Å². The van der Waals surface area contributed by atoms with E-state index in [0.717, 1.165) is 17.3 Å². The van der Waals surface area contributed by atoms with Crippen molar-refractivity contribution >= 4 is 11.5 Å². The third kappa shape index (κ3) is 2.55. The second-order valence-corrected chi connectivity index (χ2v) is 4.05. The molecule has 0 aromatic carbocycles. The van der Waals surface area contributed by atoms with Gasteiger partial charge in [-0.25, -0.2) is 9.97 Å². The summed E-state index contributed by atoms with van der Waals surface area (Å²) in [6.45, 7) is 5.72. The van der Waals surface area contributed by atoms with Crippen LogP contribution in [0.15, 0.2) is 22.7 Å². The third-order valence-corrected chi connectivity index (χ3v) is 2.50. The first-order valence-corrected chi connectivity index (χ1v) is 5.48. The molecule has 2 aromatic rings. The van der Waals surface area contributed by atoms with E-state index >= 15 is 0 Å². The van der Waals surface area contributed by atoms with Gasteiger partial charge in [-0.15, -0.1) is 0 Å². The number of nitrogen functional groups attached to an aromatic ring is 1. The van der Waals surface area contributed by atoms with Crippen LogP contribution in [0, 0.1) is 13.8 Å². The molecule has 0 fully saturated rings. The first kappa shape index (κ1) is 11.4. The van der Waals surface area contributed by atoms with Crippen molar-refractivity contribution in [3.05, 3.63) is 35.7 Å². The van der Waals surface area contributed by atoms with Gasteiger partial charge in [0.05, 0.1) is 17.6 Å². The molecular formula is C12H16N4O. The highest BCUT2D eigenvalue weighted by molar-refractivity contribution is 5.49. The largest absolute Gasteiger partial charge is 0.444 e. The minimum Gasteiger partial charge on any atom is -0.444 e. The number of hydrogen-bond acceptors (Lipinski definition) is 5. The Balaban J connectivity index is 2.12. The lowest BCUT2D eigenvalue weighted by Gasteiger charge is -2.12. The van der Waals surface area contributed by atoms with Gasteiger partial charge >= 0.3 is 0 Å². The van der Waals surface area contributed by atoms with Crippen LogP contribution in [0.1, 0.15) is 30.3 Å². The monoisotopic (exact) mass is 232 g/mol. The summed E-state index contributed by atoms with van der Waals surface area (Å²) in [6.07, 6.45) is 1.70. The predicted octanol–water partition coefficient (Wildman–Crippen LogP) is 2.44. The lowest BCUT2D eigenvalue weighted by molar-refractivity contribution is 0.453. The lowest BCUT2D eigenvalue weighted by Crippen LogP contribution is -2.09. The maximum Gasteiger partial charge on any atom is 0.216 e. The SMILES string of the molecule is Cc1cnc(C(C)Nc2ccc(N)c(C)n2)o1. The Morgan fingerprint density at radius 1 is 1.35 bits per heavy atom. The minimum atomic E-state index is -0.0285. The number of nitrogens with one attached hydrogen (secondary N) is 1. The molecule has 3 N–H and O–H groups in total. The predicted molar refractivity (Wildman–Crippen MR) is 66.7 cm³/mol. The molecule has 0 bridgehead atoms. The van der Waals surface area contributed by atoms with Gasteiger partial charge in [0.25, 0.3) is 0 Å². The smallest absolute Gasteiger partial charge is 0.216 e. The Kier molecular flexibility index (Phi) is 2.99. The number of nitrogens with zero attached hydrogens (tertiary/aromatic N) is 2. The molecule has 0 saturated heterocycles. The highest BCUT2D eigenvalue weighted by atomic mass is 16.4. The van der Waals surface area contributed by atoms with Crippen molar-refractivity contribution < 1.29 is 4.42 Å². The average Bonchev–Trinajstić information content (AvgIpc) is 2.70. The van der Waals surface area contributed by atoms with Crippen LogP contribution in [0.5, 0.6) is 0 Å². The number of aryl methyl sites for hydroxylation is 2. The van der Waals surface area contributed by atoms with Crippen LogP contribution in [0.3, 0.4) is 0 Å². The second kappa shape index (κ2) is 4.45. The first-order chi connectivity index (χ1) is 8.06. The van der Waals surface area contributed by atoms with Gasteiger partial charge in [-0.2, -0.15) is 0 Å². The van der Waals surface area contributed by atoms with Crippen LogP contribution >= 0.6 is 0 Å². The zero-order chi connectivity index (χ0) is 12.4. The molecule has 2 heterocycles. The molecule has 90 valence electrons. The minimum absolute atomic E-state index is 0.0285. The summed E-state index contributed by atoms with van der Waals surface area (Å²) in [5.74, 6) is 2.22. The number of pyridine rings is 1. The highest BCUT2D eigenvalue weighted by Crippen LogP contribution is 2.19. The summed E-state index contributed by atoms with van der Waals surface area (Å²) in [6, 6.07) is 3.64. The molecule has 17 heavy (non-hydrogen) atoms. The van der Waals surface area contributed by atoms with Crippen molar-refractivity contribution in [1.82, 2.24) is 9.97 Å². The topological polar surface area (TPSA) is 77.0 Å². The van der Waals surface area contributed by atoms with Crippen molar-refractivity contribution in [2.45, 2.75) is 26.8 Å². The lowest BCUT2D eigenvalue weighted by atomic mass is 10.3. The Morgan fingerprint density at radius 3 is 2.71 bits per heavy atom. The molecule has 2 aromatic heterocycles. The standard InChI is InChI=1S/C12H16N4O/c1-7-6-14-12(17-7)9(3)16-11-5-4-10(13)8(2)15-11/h4-6,9H,13H2,1-3H3,(H,15,16). The van der Waals surface area contributed by atoms with Gasteiger partial charge in [-0.3, -0.25) is 0 Å². The summed E-state index contributed by atoms with van der Waals surface area (Å²) in [7, 11) is 0. The van der Waals surface area contributed by atoms with Crippen molar-refractivity contribution in [3.8, 4) is 0 Å². The van der Waals surface area contributed by atoms with E-state index in [1.54, 1.807) is 6.20 Å². The van der Waals surface area contributed by atoms with E-state index < -0.39 is 0 Å². The van der Waals surface area contributed by atoms with E-state index in [4.69, 9.17) is 10.2 Å². The van der Waals surface area contributed by atoms with Gasteiger partial charge in [0, 0.05) is 0 Å². The second-order valence-electron chi connectivity index (χ2n) is 4.05. The summed E-state index contributed by atoms with van der Waals surface area (Å²) < 4.78 is 5.45. The molecule has 1 unspecified atom stereocenters. The molecule has 0 amide bonds. The van der Waals surface area contributed by atoms with Gasteiger partial charge in [0.2, 0.25) is 5.89 Å². The molecule has 0 radical (unpaired) electrons. The Bertz CT molecular complexity index is 521. The van der Waals surface area contributed by atoms with Crippen LogP contribution in [-0.4, -0.2) is 9.97 Å². The third-order valence-electron chi connectivity index (χ3n) is 2.50. The number of aromatic nitrogens is 2.